The molecule has 1 heterocycles. The van der Waals surface area contributed by atoms with E-state index in [9.17, 15) is 4.39 Å². The van der Waals surface area contributed by atoms with Gasteiger partial charge in [-0.3, -0.25) is 4.98 Å². The Morgan fingerprint density at radius 2 is 1.76 bits per heavy atom. The van der Waals surface area contributed by atoms with Crippen molar-refractivity contribution in [3.05, 3.63) is 47.5 Å². The van der Waals surface area contributed by atoms with Crippen LogP contribution >= 0.6 is 0 Å². The Hall–Kier alpha value is -1.90. The molecular weight excluding hydrogens is 217 g/mol. The van der Waals surface area contributed by atoms with E-state index in [1.54, 1.807) is 25.4 Å². The maximum Gasteiger partial charge on any atom is 0.132 e. The van der Waals surface area contributed by atoms with Crippen LogP contribution in [0, 0.1) is 19.7 Å². The number of halogens is 1. The molecule has 0 N–H and O–H groups in total. The second kappa shape index (κ2) is 4.53. The summed E-state index contributed by atoms with van der Waals surface area (Å²) in [5, 5.41) is 0. The zero-order valence-corrected chi connectivity index (χ0v) is 10.1. The van der Waals surface area contributed by atoms with Crippen LogP contribution in [0.15, 0.2) is 30.5 Å². The van der Waals surface area contributed by atoms with Gasteiger partial charge in [0.15, 0.2) is 0 Å². The highest BCUT2D eigenvalue weighted by atomic mass is 19.1. The lowest BCUT2D eigenvalue weighted by atomic mass is 10.0. The van der Waals surface area contributed by atoms with E-state index >= 15 is 0 Å². The lowest BCUT2D eigenvalue weighted by Gasteiger charge is -2.12. The van der Waals surface area contributed by atoms with E-state index in [-0.39, 0.29) is 5.82 Å². The molecule has 0 spiro atoms. The van der Waals surface area contributed by atoms with Crippen LogP contribution in [-0.2, 0) is 0 Å². The van der Waals surface area contributed by atoms with Crippen LogP contribution < -0.4 is 4.74 Å². The Balaban J connectivity index is 2.59. The van der Waals surface area contributed by atoms with Gasteiger partial charge in [0.05, 0.1) is 7.11 Å². The number of ether oxygens (including phenoxy) is 1. The first-order valence-corrected chi connectivity index (χ1v) is 5.39. The average molecular weight is 231 g/mol. The van der Waals surface area contributed by atoms with Crippen molar-refractivity contribution in [3.63, 3.8) is 0 Å². The Labute approximate surface area is 100 Å². The van der Waals surface area contributed by atoms with Gasteiger partial charge in [0.2, 0.25) is 0 Å². The molecule has 0 saturated carbocycles. The third-order valence-electron chi connectivity index (χ3n) is 2.87. The largest absolute Gasteiger partial charge is 0.496 e. The fraction of sp³-hybridized carbons (Fsp3) is 0.214. The molecule has 0 amide bonds. The fourth-order valence-electron chi connectivity index (χ4n) is 1.78. The van der Waals surface area contributed by atoms with Gasteiger partial charge in [-0.25, -0.2) is 4.39 Å². The van der Waals surface area contributed by atoms with Crippen LogP contribution in [0.25, 0.3) is 11.1 Å². The van der Waals surface area contributed by atoms with Gasteiger partial charge < -0.3 is 4.74 Å². The summed E-state index contributed by atoms with van der Waals surface area (Å²) in [7, 11) is 1.63. The zero-order chi connectivity index (χ0) is 12.4. The monoisotopic (exact) mass is 231 g/mol. The van der Waals surface area contributed by atoms with E-state index in [2.05, 4.69) is 4.98 Å². The molecule has 0 aliphatic carbocycles. The third-order valence-corrected chi connectivity index (χ3v) is 2.87. The molecule has 2 nitrogen and oxygen atoms in total. The number of aromatic nitrogens is 1. The predicted octanol–water partition coefficient (Wildman–Crippen LogP) is 3.51. The van der Waals surface area contributed by atoms with Crippen LogP contribution in [0.5, 0.6) is 5.75 Å². The van der Waals surface area contributed by atoms with Gasteiger partial charge in [-0.2, -0.15) is 0 Å². The molecule has 88 valence electrons. The third kappa shape index (κ3) is 2.13. The molecule has 0 radical (unpaired) electrons. The summed E-state index contributed by atoms with van der Waals surface area (Å²) in [6.45, 7) is 3.90. The smallest absolute Gasteiger partial charge is 0.132 e. The molecule has 0 bridgehead atoms. The number of nitrogens with zero attached hydrogens (tertiary/aromatic N) is 1. The molecule has 0 saturated heterocycles. The van der Waals surface area contributed by atoms with Crippen LogP contribution in [0.1, 0.15) is 11.3 Å². The van der Waals surface area contributed by atoms with Crippen molar-refractivity contribution in [1.29, 1.82) is 0 Å². The second-order valence-electron chi connectivity index (χ2n) is 3.92. The predicted molar refractivity (Wildman–Crippen MR) is 65.7 cm³/mol. The summed E-state index contributed by atoms with van der Waals surface area (Å²) in [6.07, 6.45) is 1.76. The molecule has 0 atom stereocenters. The number of methoxy groups -OCH3 is 1. The standard InChI is InChI=1S/C14H14FNO/c1-9-10(2)16-8-13(14(9)17-3)11-4-6-12(15)7-5-11/h4-8H,1-3H3. The van der Waals surface area contributed by atoms with Gasteiger partial charge in [-0.15, -0.1) is 0 Å². The topological polar surface area (TPSA) is 22.1 Å². The van der Waals surface area contributed by atoms with E-state index < -0.39 is 0 Å². The van der Waals surface area contributed by atoms with Gasteiger partial charge in [-0.1, -0.05) is 12.1 Å². The van der Waals surface area contributed by atoms with Crippen molar-refractivity contribution in [2.75, 3.05) is 7.11 Å². The van der Waals surface area contributed by atoms with E-state index in [0.29, 0.717) is 0 Å². The van der Waals surface area contributed by atoms with Crippen molar-refractivity contribution in [3.8, 4) is 16.9 Å². The van der Waals surface area contributed by atoms with Crippen molar-refractivity contribution in [2.24, 2.45) is 0 Å². The molecule has 0 aliphatic heterocycles. The first kappa shape index (κ1) is 11.6. The van der Waals surface area contributed by atoms with Crippen molar-refractivity contribution >= 4 is 0 Å². The molecular formula is C14H14FNO. The number of pyridine rings is 1. The van der Waals surface area contributed by atoms with E-state index in [1.165, 1.54) is 12.1 Å². The van der Waals surface area contributed by atoms with Gasteiger partial charge in [-0.05, 0) is 31.5 Å². The average Bonchev–Trinajstić information content (AvgIpc) is 2.34. The summed E-state index contributed by atoms with van der Waals surface area (Å²) in [4.78, 5) is 4.31. The lowest BCUT2D eigenvalue weighted by molar-refractivity contribution is 0.412. The summed E-state index contributed by atoms with van der Waals surface area (Å²) in [5.41, 5.74) is 3.73. The molecule has 1 aromatic heterocycles. The van der Waals surface area contributed by atoms with Gasteiger partial charge in [0, 0.05) is 23.0 Å². The van der Waals surface area contributed by atoms with Gasteiger partial charge in [0.25, 0.3) is 0 Å². The summed E-state index contributed by atoms with van der Waals surface area (Å²) in [6, 6.07) is 6.32. The quantitative estimate of drug-likeness (QED) is 0.789. The molecule has 2 rings (SSSR count). The molecule has 3 heteroatoms. The first-order chi connectivity index (χ1) is 8.13. The molecule has 2 aromatic rings. The molecule has 1 aromatic carbocycles. The maximum absolute atomic E-state index is 12.9. The van der Waals surface area contributed by atoms with Gasteiger partial charge >= 0.3 is 0 Å². The minimum Gasteiger partial charge on any atom is -0.496 e. The number of hydrogen-bond acceptors (Lipinski definition) is 2. The van der Waals surface area contributed by atoms with E-state index in [1.807, 2.05) is 13.8 Å². The highest BCUT2D eigenvalue weighted by Gasteiger charge is 2.11. The van der Waals surface area contributed by atoms with Crippen molar-refractivity contribution in [1.82, 2.24) is 4.98 Å². The summed E-state index contributed by atoms with van der Waals surface area (Å²) in [5.74, 6) is 0.550. The minimum atomic E-state index is -0.246. The molecule has 0 fully saturated rings. The fourth-order valence-corrected chi connectivity index (χ4v) is 1.78. The highest BCUT2D eigenvalue weighted by molar-refractivity contribution is 5.71. The number of hydrogen-bond donors (Lipinski definition) is 0. The molecule has 17 heavy (non-hydrogen) atoms. The highest BCUT2D eigenvalue weighted by Crippen LogP contribution is 2.33. The lowest BCUT2D eigenvalue weighted by Crippen LogP contribution is -1.96. The Kier molecular flexibility index (Phi) is 3.09. The van der Waals surface area contributed by atoms with E-state index in [0.717, 1.165) is 28.1 Å². The normalized spacial score (nSPS) is 10.4. The summed E-state index contributed by atoms with van der Waals surface area (Å²) < 4.78 is 18.3. The van der Waals surface area contributed by atoms with Crippen molar-refractivity contribution in [2.45, 2.75) is 13.8 Å². The Morgan fingerprint density at radius 1 is 1.12 bits per heavy atom. The second-order valence-corrected chi connectivity index (χ2v) is 3.92. The number of aryl methyl sites for hydroxylation is 1. The zero-order valence-electron chi connectivity index (χ0n) is 10.1. The summed E-state index contributed by atoms with van der Waals surface area (Å²) >= 11 is 0. The number of benzene rings is 1. The van der Waals surface area contributed by atoms with Crippen molar-refractivity contribution < 1.29 is 9.13 Å². The van der Waals surface area contributed by atoms with Crippen LogP contribution in [0.2, 0.25) is 0 Å². The SMILES string of the molecule is COc1c(-c2ccc(F)cc2)cnc(C)c1C. The van der Waals surface area contributed by atoms with Crippen LogP contribution in [0.3, 0.4) is 0 Å². The van der Waals surface area contributed by atoms with Gasteiger partial charge in [0.1, 0.15) is 11.6 Å². The van der Waals surface area contributed by atoms with Crippen LogP contribution in [-0.4, -0.2) is 12.1 Å². The maximum atomic E-state index is 12.9. The Bertz CT molecular complexity index is 535. The molecule has 0 aliphatic rings. The van der Waals surface area contributed by atoms with E-state index in [4.69, 9.17) is 4.74 Å². The minimum absolute atomic E-state index is 0.246. The first-order valence-electron chi connectivity index (χ1n) is 5.39. The number of rotatable bonds is 2. The van der Waals surface area contributed by atoms with Crippen LogP contribution in [0.4, 0.5) is 4.39 Å². The molecule has 0 unspecified atom stereocenters. The Morgan fingerprint density at radius 3 is 2.35 bits per heavy atom.